The second-order valence-corrected chi connectivity index (χ2v) is 5.33. The van der Waals surface area contributed by atoms with Gasteiger partial charge in [-0.2, -0.15) is 5.26 Å². The van der Waals surface area contributed by atoms with Crippen molar-refractivity contribution in [2.75, 3.05) is 20.1 Å². The maximum Gasteiger partial charge on any atom is 0.144 e. The lowest BCUT2D eigenvalue weighted by Crippen LogP contribution is -2.49. The molecule has 0 amide bonds. The van der Waals surface area contributed by atoms with Crippen LogP contribution in [-0.2, 0) is 5.54 Å². The summed E-state index contributed by atoms with van der Waals surface area (Å²) in [6.45, 7) is 4.04. The number of benzene rings is 1. The number of likely N-dealkylation sites (N-methyl/N-ethyl adjacent to an activating group) is 1. The Labute approximate surface area is 116 Å². The van der Waals surface area contributed by atoms with Crippen LogP contribution in [0.25, 0.3) is 0 Å². The summed E-state index contributed by atoms with van der Waals surface area (Å²) < 4.78 is 0. The molecule has 1 saturated carbocycles. The van der Waals surface area contributed by atoms with E-state index in [4.69, 9.17) is 0 Å². The average molecular weight is 257 g/mol. The number of nitrogens with zero attached hydrogens (tertiary/aromatic N) is 2. The first-order valence-electron chi connectivity index (χ1n) is 7.15. The molecule has 0 bridgehead atoms. The molecule has 1 fully saturated rings. The summed E-state index contributed by atoms with van der Waals surface area (Å²) in [6, 6.07) is 13.3. The first-order valence-corrected chi connectivity index (χ1v) is 7.15. The molecule has 3 nitrogen and oxygen atoms in total. The Morgan fingerprint density at radius 3 is 2.53 bits per heavy atom. The monoisotopic (exact) mass is 257 g/mol. The van der Waals surface area contributed by atoms with Crippen LogP contribution < -0.4 is 5.32 Å². The van der Waals surface area contributed by atoms with Crippen molar-refractivity contribution in [3.8, 4) is 6.07 Å². The molecule has 1 aliphatic rings. The van der Waals surface area contributed by atoms with Crippen molar-refractivity contribution in [1.29, 1.82) is 5.26 Å². The van der Waals surface area contributed by atoms with Gasteiger partial charge in [-0.25, -0.2) is 0 Å². The van der Waals surface area contributed by atoms with E-state index < -0.39 is 5.54 Å². The number of nitriles is 1. The third-order valence-corrected chi connectivity index (χ3v) is 3.90. The zero-order valence-electron chi connectivity index (χ0n) is 11.9. The van der Waals surface area contributed by atoms with Gasteiger partial charge in [0, 0.05) is 12.6 Å². The van der Waals surface area contributed by atoms with Crippen molar-refractivity contribution in [1.82, 2.24) is 10.2 Å². The highest BCUT2D eigenvalue weighted by molar-refractivity contribution is 5.32. The molecule has 1 N–H and O–H groups in total. The van der Waals surface area contributed by atoms with Gasteiger partial charge in [0.05, 0.1) is 6.07 Å². The predicted octanol–water partition coefficient (Wildman–Crippen LogP) is 2.50. The molecule has 2 rings (SSSR count). The van der Waals surface area contributed by atoms with Crippen molar-refractivity contribution in [3.05, 3.63) is 35.9 Å². The second kappa shape index (κ2) is 6.18. The van der Waals surface area contributed by atoms with Crippen molar-refractivity contribution < 1.29 is 0 Å². The van der Waals surface area contributed by atoms with Crippen LogP contribution in [0.3, 0.4) is 0 Å². The maximum absolute atomic E-state index is 9.71. The number of hydrogen-bond acceptors (Lipinski definition) is 3. The minimum Gasteiger partial charge on any atom is -0.298 e. The normalized spacial score (nSPS) is 18.0. The third-order valence-electron chi connectivity index (χ3n) is 3.90. The SMILES string of the molecule is CCCN(CC(C#N)(NC)c1ccccc1)C1CC1. The Hall–Kier alpha value is -1.37. The quantitative estimate of drug-likeness (QED) is 0.815. The molecule has 0 saturated heterocycles. The number of rotatable bonds is 7. The minimum atomic E-state index is -0.598. The summed E-state index contributed by atoms with van der Waals surface area (Å²) in [7, 11) is 1.88. The van der Waals surface area contributed by atoms with Crippen LogP contribution >= 0.6 is 0 Å². The summed E-state index contributed by atoms with van der Waals surface area (Å²) in [4.78, 5) is 2.46. The lowest BCUT2D eigenvalue weighted by atomic mass is 9.90. The van der Waals surface area contributed by atoms with E-state index in [0.29, 0.717) is 6.04 Å². The van der Waals surface area contributed by atoms with E-state index in [2.05, 4.69) is 23.2 Å². The van der Waals surface area contributed by atoms with Crippen LogP contribution in [0.4, 0.5) is 0 Å². The zero-order chi connectivity index (χ0) is 13.7. The van der Waals surface area contributed by atoms with E-state index in [0.717, 1.165) is 25.1 Å². The van der Waals surface area contributed by atoms with Gasteiger partial charge in [0.25, 0.3) is 0 Å². The molecule has 0 aliphatic heterocycles. The predicted molar refractivity (Wildman–Crippen MR) is 77.7 cm³/mol. The van der Waals surface area contributed by atoms with Crippen LogP contribution in [0.2, 0.25) is 0 Å². The Kier molecular flexibility index (Phi) is 4.57. The van der Waals surface area contributed by atoms with Crippen LogP contribution in [0.15, 0.2) is 30.3 Å². The van der Waals surface area contributed by atoms with Gasteiger partial charge in [0.2, 0.25) is 0 Å². The highest BCUT2D eigenvalue weighted by Crippen LogP contribution is 2.31. The summed E-state index contributed by atoms with van der Waals surface area (Å²) in [6.07, 6.45) is 3.69. The van der Waals surface area contributed by atoms with Gasteiger partial charge in [0.15, 0.2) is 0 Å². The number of nitrogens with one attached hydrogen (secondary N) is 1. The molecule has 1 aromatic rings. The fraction of sp³-hybridized carbons (Fsp3) is 0.562. The molecular formula is C16H23N3. The lowest BCUT2D eigenvalue weighted by molar-refractivity contribution is 0.208. The van der Waals surface area contributed by atoms with Crippen LogP contribution in [-0.4, -0.2) is 31.1 Å². The molecule has 1 aliphatic carbocycles. The van der Waals surface area contributed by atoms with Crippen LogP contribution in [0.1, 0.15) is 31.7 Å². The smallest absolute Gasteiger partial charge is 0.144 e. The lowest BCUT2D eigenvalue weighted by Gasteiger charge is -2.33. The van der Waals surface area contributed by atoms with Crippen LogP contribution in [0, 0.1) is 11.3 Å². The molecule has 1 atom stereocenters. The standard InChI is InChI=1S/C16H23N3/c1-3-11-19(15-9-10-15)13-16(12-17,18-2)14-7-5-4-6-8-14/h4-8,15,18H,3,9-11,13H2,1-2H3. The summed E-state index contributed by atoms with van der Waals surface area (Å²) >= 11 is 0. The molecule has 1 aromatic carbocycles. The van der Waals surface area contributed by atoms with Crippen LogP contribution in [0.5, 0.6) is 0 Å². The first-order chi connectivity index (χ1) is 9.25. The molecule has 0 spiro atoms. The molecule has 0 aromatic heterocycles. The topological polar surface area (TPSA) is 39.1 Å². The van der Waals surface area contributed by atoms with Crippen molar-refractivity contribution in [2.45, 2.75) is 37.8 Å². The Morgan fingerprint density at radius 1 is 1.37 bits per heavy atom. The van der Waals surface area contributed by atoms with Crippen molar-refractivity contribution in [2.24, 2.45) is 0 Å². The van der Waals surface area contributed by atoms with Gasteiger partial charge in [-0.15, -0.1) is 0 Å². The molecule has 19 heavy (non-hydrogen) atoms. The maximum atomic E-state index is 9.71. The van der Waals surface area contributed by atoms with E-state index in [-0.39, 0.29) is 0 Å². The van der Waals surface area contributed by atoms with E-state index in [1.54, 1.807) is 0 Å². The van der Waals surface area contributed by atoms with Crippen molar-refractivity contribution in [3.63, 3.8) is 0 Å². The largest absolute Gasteiger partial charge is 0.298 e. The second-order valence-electron chi connectivity index (χ2n) is 5.33. The van der Waals surface area contributed by atoms with Gasteiger partial charge in [-0.1, -0.05) is 37.3 Å². The molecular weight excluding hydrogens is 234 g/mol. The fourth-order valence-corrected chi connectivity index (χ4v) is 2.62. The van der Waals surface area contributed by atoms with Crippen molar-refractivity contribution >= 4 is 0 Å². The third kappa shape index (κ3) is 3.15. The summed E-state index contributed by atoms with van der Waals surface area (Å²) in [5.74, 6) is 0. The molecule has 3 heteroatoms. The van der Waals surface area contributed by atoms with Gasteiger partial charge in [-0.3, -0.25) is 10.2 Å². The first kappa shape index (κ1) is 14.0. The van der Waals surface area contributed by atoms with E-state index >= 15 is 0 Å². The van der Waals surface area contributed by atoms with E-state index in [1.807, 2.05) is 37.4 Å². The van der Waals surface area contributed by atoms with E-state index in [9.17, 15) is 5.26 Å². The molecule has 1 unspecified atom stereocenters. The summed E-state index contributed by atoms with van der Waals surface area (Å²) in [5.41, 5.74) is 0.459. The molecule has 0 radical (unpaired) electrons. The Morgan fingerprint density at radius 2 is 2.05 bits per heavy atom. The zero-order valence-corrected chi connectivity index (χ0v) is 11.9. The highest BCUT2D eigenvalue weighted by Gasteiger charge is 2.37. The Balaban J connectivity index is 2.21. The average Bonchev–Trinajstić information content (AvgIpc) is 3.29. The van der Waals surface area contributed by atoms with Gasteiger partial charge in [-0.05, 0) is 38.4 Å². The highest BCUT2D eigenvalue weighted by atomic mass is 15.2. The van der Waals surface area contributed by atoms with Gasteiger partial charge in [0.1, 0.15) is 5.54 Å². The Bertz CT molecular complexity index is 433. The van der Waals surface area contributed by atoms with Gasteiger partial charge >= 0.3 is 0 Å². The van der Waals surface area contributed by atoms with Gasteiger partial charge < -0.3 is 0 Å². The fourth-order valence-electron chi connectivity index (χ4n) is 2.62. The minimum absolute atomic E-state index is 0.598. The van der Waals surface area contributed by atoms with E-state index in [1.165, 1.54) is 12.8 Å². The number of hydrogen-bond donors (Lipinski definition) is 1. The molecule has 0 heterocycles. The summed E-state index contributed by atoms with van der Waals surface area (Å²) in [5, 5.41) is 13.0. The molecule has 102 valence electrons.